The Hall–Kier alpha value is -2.78. The highest BCUT2D eigenvalue weighted by atomic mass is 35.5. The normalized spacial score (nSPS) is 12.2. The standard InChI is InChI=1S/C29H32Cl3N3O4S/c1-19(2)16-33-29(37)21(4)34(17-22-7-5-6-8-25(22)31)28(36)18-35(27-15-23(30)11-14-26(27)32)40(38,39)24-12-9-20(3)10-13-24/h5-15,19,21H,16-18H2,1-4H3,(H,33,37)/t21-/m0/s1. The number of carbonyl (C=O) groups is 2. The van der Waals surface area contributed by atoms with Crippen LogP contribution >= 0.6 is 34.8 Å². The van der Waals surface area contributed by atoms with Crippen molar-refractivity contribution in [2.24, 2.45) is 5.92 Å². The second-order valence-corrected chi connectivity index (χ2v) is 13.0. The van der Waals surface area contributed by atoms with Gasteiger partial charge in [-0.05, 0) is 61.7 Å². The fourth-order valence-electron chi connectivity index (χ4n) is 3.87. The van der Waals surface area contributed by atoms with Gasteiger partial charge in [-0.3, -0.25) is 13.9 Å². The van der Waals surface area contributed by atoms with Crippen LogP contribution in [-0.2, 0) is 26.2 Å². The van der Waals surface area contributed by atoms with E-state index in [1.165, 1.54) is 35.2 Å². The highest BCUT2D eigenvalue weighted by Gasteiger charge is 2.33. The van der Waals surface area contributed by atoms with Gasteiger partial charge in [-0.1, -0.05) is 84.5 Å². The van der Waals surface area contributed by atoms with E-state index in [1.54, 1.807) is 43.3 Å². The monoisotopic (exact) mass is 623 g/mol. The van der Waals surface area contributed by atoms with Crippen molar-refractivity contribution in [3.05, 3.63) is 92.9 Å². The molecule has 7 nitrogen and oxygen atoms in total. The van der Waals surface area contributed by atoms with Gasteiger partial charge in [0.15, 0.2) is 0 Å². The summed E-state index contributed by atoms with van der Waals surface area (Å²) in [6.07, 6.45) is 0. The van der Waals surface area contributed by atoms with Crippen LogP contribution in [0, 0.1) is 12.8 Å². The van der Waals surface area contributed by atoms with E-state index in [1.807, 2.05) is 20.8 Å². The molecule has 0 aliphatic carbocycles. The van der Waals surface area contributed by atoms with Crippen LogP contribution < -0.4 is 9.62 Å². The van der Waals surface area contributed by atoms with Crippen molar-refractivity contribution in [2.75, 3.05) is 17.4 Å². The lowest BCUT2D eigenvalue weighted by Gasteiger charge is -2.32. The second-order valence-electron chi connectivity index (χ2n) is 9.85. The topological polar surface area (TPSA) is 86.8 Å². The Morgan fingerprint density at radius 3 is 2.17 bits per heavy atom. The molecule has 3 aromatic rings. The van der Waals surface area contributed by atoms with Crippen LogP contribution in [0.3, 0.4) is 0 Å². The molecule has 40 heavy (non-hydrogen) atoms. The van der Waals surface area contributed by atoms with E-state index in [0.717, 1.165) is 9.87 Å². The van der Waals surface area contributed by atoms with Crippen LogP contribution in [0.5, 0.6) is 0 Å². The van der Waals surface area contributed by atoms with Gasteiger partial charge in [0.25, 0.3) is 10.0 Å². The van der Waals surface area contributed by atoms with Crippen LogP contribution in [0.2, 0.25) is 15.1 Å². The summed E-state index contributed by atoms with van der Waals surface area (Å²) in [7, 11) is -4.27. The van der Waals surface area contributed by atoms with E-state index in [4.69, 9.17) is 34.8 Å². The van der Waals surface area contributed by atoms with E-state index in [2.05, 4.69) is 5.32 Å². The summed E-state index contributed by atoms with van der Waals surface area (Å²) in [5, 5.41) is 3.59. The number of sulfonamides is 1. The summed E-state index contributed by atoms with van der Waals surface area (Å²) in [4.78, 5) is 28.3. The first-order valence-corrected chi connectivity index (χ1v) is 15.2. The van der Waals surface area contributed by atoms with Crippen LogP contribution in [0.25, 0.3) is 0 Å². The highest BCUT2D eigenvalue weighted by Crippen LogP contribution is 2.33. The van der Waals surface area contributed by atoms with Crippen LogP contribution in [0.15, 0.2) is 71.6 Å². The fraction of sp³-hybridized carbons (Fsp3) is 0.310. The van der Waals surface area contributed by atoms with Crippen LogP contribution in [0.1, 0.15) is 31.9 Å². The average molecular weight is 625 g/mol. The van der Waals surface area contributed by atoms with E-state index in [0.29, 0.717) is 17.1 Å². The van der Waals surface area contributed by atoms with Crippen molar-refractivity contribution in [3.63, 3.8) is 0 Å². The van der Waals surface area contributed by atoms with Crippen molar-refractivity contribution >= 4 is 62.3 Å². The van der Waals surface area contributed by atoms with Gasteiger partial charge in [-0.2, -0.15) is 0 Å². The first kappa shape index (κ1) is 31.7. The number of halogens is 3. The predicted molar refractivity (Wildman–Crippen MR) is 161 cm³/mol. The molecule has 0 spiro atoms. The number of aryl methyl sites for hydroxylation is 1. The zero-order valence-electron chi connectivity index (χ0n) is 22.7. The highest BCUT2D eigenvalue weighted by molar-refractivity contribution is 7.92. The molecule has 0 aliphatic rings. The quantitative estimate of drug-likeness (QED) is 0.270. The van der Waals surface area contributed by atoms with E-state index in [9.17, 15) is 18.0 Å². The molecule has 1 atom stereocenters. The molecule has 0 fully saturated rings. The molecule has 3 rings (SSSR count). The minimum absolute atomic E-state index is 0.0174. The molecule has 1 N–H and O–H groups in total. The van der Waals surface area contributed by atoms with Crippen molar-refractivity contribution in [2.45, 2.75) is 45.2 Å². The number of rotatable bonds is 11. The molecule has 0 saturated heterocycles. The number of hydrogen-bond acceptors (Lipinski definition) is 4. The van der Waals surface area contributed by atoms with Gasteiger partial charge in [0.05, 0.1) is 15.6 Å². The first-order valence-electron chi connectivity index (χ1n) is 12.7. The van der Waals surface area contributed by atoms with Gasteiger partial charge in [-0.25, -0.2) is 8.42 Å². The predicted octanol–water partition coefficient (Wildman–Crippen LogP) is 6.34. The minimum Gasteiger partial charge on any atom is -0.354 e. The smallest absolute Gasteiger partial charge is 0.264 e. The summed E-state index contributed by atoms with van der Waals surface area (Å²) >= 11 is 19.0. The largest absolute Gasteiger partial charge is 0.354 e. The number of anilines is 1. The molecule has 0 heterocycles. The third kappa shape index (κ3) is 7.91. The fourth-order valence-corrected chi connectivity index (χ4v) is 5.93. The molecular formula is C29H32Cl3N3O4S. The Balaban J connectivity index is 2.07. The average Bonchev–Trinajstić information content (AvgIpc) is 2.91. The lowest BCUT2D eigenvalue weighted by molar-refractivity contribution is -0.139. The summed E-state index contributed by atoms with van der Waals surface area (Å²) in [6, 6.07) is 16.7. The number of nitrogens with zero attached hydrogens (tertiary/aromatic N) is 2. The first-order chi connectivity index (χ1) is 18.8. The molecule has 0 bridgehead atoms. The van der Waals surface area contributed by atoms with Crippen molar-refractivity contribution < 1.29 is 18.0 Å². The summed E-state index contributed by atoms with van der Waals surface area (Å²) < 4.78 is 28.7. The molecule has 11 heteroatoms. The van der Waals surface area contributed by atoms with Gasteiger partial charge in [0.1, 0.15) is 12.6 Å². The maximum absolute atomic E-state index is 14.0. The van der Waals surface area contributed by atoms with Gasteiger partial charge in [-0.15, -0.1) is 0 Å². The molecule has 3 aromatic carbocycles. The molecule has 0 aliphatic heterocycles. The Labute approximate surface area is 251 Å². The second kappa shape index (κ2) is 13.7. The molecule has 0 saturated carbocycles. The number of nitrogens with one attached hydrogen (secondary N) is 1. The Bertz CT molecular complexity index is 1460. The lowest BCUT2D eigenvalue weighted by Crippen LogP contribution is -2.51. The number of benzene rings is 3. The zero-order chi connectivity index (χ0) is 29.6. The van der Waals surface area contributed by atoms with Crippen molar-refractivity contribution in [3.8, 4) is 0 Å². The molecule has 214 valence electrons. The molecule has 0 unspecified atom stereocenters. The van der Waals surface area contributed by atoms with Crippen molar-refractivity contribution in [1.29, 1.82) is 0 Å². The third-order valence-electron chi connectivity index (χ3n) is 6.22. The van der Waals surface area contributed by atoms with Gasteiger partial charge < -0.3 is 10.2 Å². The van der Waals surface area contributed by atoms with Gasteiger partial charge in [0.2, 0.25) is 11.8 Å². The Morgan fingerprint density at radius 2 is 1.55 bits per heavy atom. The molecule has 2 amide bonds. The molecule has 0 radical (unpaired) electrons. The maximum atomic E-state index is 14.0. The van der Waals surface area contributed by atoms with E-state index >= 15 is 0 Å². The van der Waals surface area contributed by atoms with Crippen molar-refractivity contribution in [1.82, 2.24) is 10.2 Å². The Kier molecular flexibility index (Phi) is 10.9. The molecular weight excluding hydrogens is 593 g/mol. The summed E-state index contributed by atoms with van der Waals surface area (Å²) in [5.74, 6) is -0.800. The van der Waals surface area contributed by atoms with E-state index < -0.39 is 28.5 Å². The zero-order valence-corrected chi connectivity index (χ0v) is 25.8. The van der Waals surface area contributed by atoms with Gasteiger partial charge >= 0.3 is 0 Å². The third-order valence-corrected chi connectivity index (χ3v) is 8.91. The minimum atomic E-state index is -4.27. The number of hydrogen-bond donors (Lipinski definition) is 1. The SMILES string of the molecule is Cc1ccc(S(=O)(=O)N(CC(=O)N(Cc2ccccc2Cl)[C@@H](C)C(=O)NCC(C)C)c2cc(Cl)ccc2Cl)cc1. The van der Waals surface area contributed by atoms with E-state index in [-0.39, 0.29) is 39.0 Å². The summed E-state index contributed by atoms with van der Waals surface area (Å²) in [5.41, 5.74) is 1.52. The maximum Gasteiger partial charge on any atom is 0.264 e. The van der Waals surface area contributed by atoms with Gasteiger partial charge in [0, 0.05) is 23.1 Å². The van der Waals surface area contributed by atoms with Crippen LogP contribution in [0.4, 0.5) is 5.69 Å². The van der Waals surface area contributed by atoms with Crippen LogP contribution in [-0.4, -0.2) is 44.3 Å². The Morgan fingerprint density at radius 1 is 0.900 bits per heavy atom. The molecule has 0 aromatic heterocycles. The summed E-state index contributed by atoms with van der Waals surface area (Å²) in [6.45, 7) is 7.11. The number of amides is 2. The number of carbonyl (C=O) groups excluding carboxylic acids is 2. The lowest BCUT2D eigenvalue weighted by atomic mass is 10.1.